The van der Waals surface area contributed by atoms with E-state index in [9.17, 15) is 14.0 Å². The van der Waals surface area contributed by atoms with Gasteiger partial charge in [-0.25, -0.2) is 4.39 Å². The Balaban J connectivity index is 1.42. The van der Waals surface area contributed by atoms with Gasteiger partial charge in [-0.2, -0.15) is 0 Å². The second-order valence-electron chi connectivity index (χ2n) is 8.62. The number of nitrogens with zero attached hydrogens (tertiary/aromatic N) is 1. The summed E-state index contributed by atoms with van der Waals surface area (Å²) < 4.78 is 14.2. The van der Waals surface area contributed by atoms with Crippen molar-refractivity contribution in [1.29, 1.82) is 0 Å². The van der Waals surface area contributed by atoms with E-state index in [1.807, 2.05) is 31.3 Å². The van der Waals surface area contributed by atoms with Gasteiger partial charge in [0.15, 0.2) is 0 Å². The average molecular weight is 493 g/mol. The Morgan fingerprint density at radius 2 is 1.77 bits per heavy atom. The van der Waals surface area contributed by atoms with Crippen molar-refractivity contribution < 1.29 is 14.0 Å². The number of carbonyl (C=O) groups excluding carboxylic acids is 2. The molecule has 0 aliphatic carbocycles. The van der Waals surface area contributed by atoms with Crippen molar-refractivity contribution in [2.45, 2.75) is 5.92 Å². The van der Waals surface area contributed by atoms with Crippen LogP contribution in [0, 0.1) is 11.7 Å². The molecular weight excluding hydrogens is 467 g/mol. The minimum Gasteiger partial charge on any atom is -0.397 e. The summed E-state index contributed by atoms with van der Waals surface area (Å²) in [5, 5.41) is 5.73. The number of likely N-dealkylation sites (N-methyl/N-ethyl adjacent to an activating group) is 1. The van der Waals surface area contributed by atoms with Crippen LogP contribution in [0.2, 0.25) is 5.02 Å². The third kappa shape index (κ3) is 6.07. The molecule has 2 amide bonds. The van der Waals surface area contributed by atoms with E-state index in [0.29, 0.717) is 24.5 Å². The lowest BCUT2D eigenvalue weighted by atomic mass is 9.88. The first-order valence-electron chi connectivity index (χ1n) is 11.2. The maximum Gasteiger partial charge on any atom is 0.248 e. The predicted octanol–water partition coefficient (Wildman–Crippen LogP) is 5.00. The Morgan fingerprint density at radius 3 is 2.49 bits per heavy atom. The Bertz CT molecular complexity index is 1260. The fourth-order valence-electron chi connectivity index (χ4n) is 4.23. The number of hydrogen-bond donors (Lipinski definition) is 3. The standard InChI is InChI=1S/C27H26ClFN4O2/c1-33-15-20(21(16-33)27(35)32-24-12-11-19(28)14-22(24)29)18-9-6-17(7-10-18)8-13-26(34)31-25-5-3-2-4-23(25)30/h2-14,20-21H,15-16,30H2,1H3,(H,31,34)(H,32,35)/b13-8+. The Kier molecular flexibility index (Phi) is 7.48. The van der Waals surface area contributed by atoms with Gasteiger partial charge in [-0.3, -0.25) is 9.59 Å². The summed E-state index contributed by atoms with van der Waals surface area (Å²) in [6.45, 7) is 1.27. The number of halogens is 2. The fourth-order valence-corrected chi connectivity index (χ4v) is 4.39. The predicted molar refractivity (Wildman–Crippen MR) is 139 cm³/mol. The highest BCUT2D eigenvalue weighted by molar-refractivity contribution is 6.30. The Labute approximate surface area is 208 Å². The lowest BCUT2D eigenvalue weighted by Gasteiger charge is -2.19. The number of nitrogens with two attached hydrogens (primary N) is 1. The molecule has 0 aromatic heterocycles. The molecule has 0 bridgehead atoms. The molecule has 0 saturated carbocycles. The van der Waals surface area contributed by atoms with Gasteiger partial charge in [0, 0.05) is 30.1 Å². The second kappa shape index (κ2) is 10.7. The molecule has 2 atom stereocenters. The van der Waals surface area contributed by atoms with Crippen LogP contribution in [0.5, 0.6) is 0 Å². The Hall–Kier alpha value is -3.68. The van der Waals surface area contributed by atoms with Crippen LogP contribution in [-0.2, 0) is 9.59 Å². The van der Waals surface area contributed by atoms with Gasteiger partial charge < -0.3 is 21.3 Å². The highest BCUT2D eigenvalue weighted by Crippen LogP contribution is 2.33. The van der Waals surface area contributed by atoms with Gasteiger partial charge in [0.1, 0.15) is 5.82 Å². The minimum atomic E-state index is -0.566. The van der Waals surface area contributed by atoms with E-state index < -0.39 is 5.82 Å². The van der Waals surface area contributed by atoms with Crippen molar-refractivity contribution in [2.24, 2.45) is 5.92 Å². The van der Waals surface area contributed by atoms with Crippen LogP contribution in [0.4, 0.5) is 21.5 Å². The molecule has 1 aliphatic heterocycles. The molecule has 3 aromatic rings. The van der Waals surface area contributed by atoms with Crippen LogP contribution in [0.3, 0.4) is 0 Å². The molecule has 1 heterocycles. The number of nitrogens with one attached hydrogen (secondary N) is 2. The molecule has 180 valence electrons. The van der Waals surface area contributed by atoms with E-state index in [0.717, 1.165) is 11.1 Å². The van der Waals surface area contributed by atoms with Crippen LogP contribution in [0.15, 0.2) is 72.8 Å². The third-order valence-electron chi connectivity index (χ3n) is 6.04. The topological polar surface area (TPSA) is 87.5 Å². The molecule has 35 heavy (non-hydrogen) atoms. The zero-order valence-corrected chi connectivity index (χ0v) is 19.9. The summed E-state index contributed by atoms with van der Waals surface area (Å²) >= 11 is 5.81. The highest BCUT2D eigenvalue weighted by Gasteiger charge is 2.37. The number of nitrogen functional groups attached to an aromatic ring is 1. The largest absolute Gasteiger partial charge is 0.397 e. The number of anilines is 3. The smallest absolute Gasteiger partial charge is 0.248 e. The molecule has 1 aliphatic rings. The van der Waals surface area contributed by atoms with Crippen molar-refractivity contribution >= 4 is 46.6 Å². The van der Waals surface area contributed by atoms with Crippen molar-refractivity contribution in [3.05, 3.63) is 94.8 Å². The van der Waals surface area contributed by atoms with E-state index >= 15 is 0 Å². The summed E-state index contributed by atoms with van der Waals surface area (Å²) in [6, 6.07) is 19.0. The monoisotopic (exact) mass is 492 g/mol. The van der Waals surface area contributed by atoms with Gasteiger partial charge in [-0.1, -0.05) is 48.0 Å². The van der Waals surface area contributed by atoms with E-state index in [2.05, 4.69) is 15.5 Å². The molecule has 2 unspecified atom stereocenters. The molecule has 8 heteroatoms. The zero-order valence-electron chi connectivity index (χ0n) is 19.2. The van der Waals surface area contributed by atoms with E-state index in [1.165, 1.54) is 18.2 Å². The quantitative estimate of drug-likeness (QED) is 0.334. The van der Waals surface area contributed by atoms with Crippen LogP contribution in [0.1, 0.15) is 17.0 Å². The number of likely N-dealkylation sites (tertiary alicyclic amines) is 1. The van der Waals surface area contributed by atoms with Crippen LogP contribution < -0.4 is 16.4 Å². The number of benzene rings is 3. The normalized spacial score (nSPS) is 18.0. The molecule has 1 saturated heterocycles. The number of amides is 2. The maximum absolute atomic E-state index is 14.2. The van der Waals surface area contributed by atoms with Gasteiger partial charge in [0.25, 0.3) is 0 Å². The van der Waals surface area contributed by atoms with E-state index in [4.69, 9.17) is 17.3 Å². The highest BCUT2D eigenvalue weighted by atomic mass is 35.5. The van der Waals surface area contributed by atoms with Crippen molar-refractivity contribution in [3.8, 4) is 0 Å². The summed E-state index contributed by atoms with van der Waals surface area (Å²) in [5.74, 6) is -1.46. The summed E-state index contributed by atoms with van der Waals surface area (Å²) in [6.07, 6.45) is 3.16. The first-order valence-corrected chi connectivity index (χ1v) is 11.6. The van der Waals surface area contributed by atoms with Crippen molar-refractivity contribution in [1.82, 2.24) is 4.90 Å². The summed E-state index contributed by atoms with van der Waals surface area (Å²) in [4.78, 5) is 27.3. The molecule has 0 radical (unpaired) electrons. The molecule has 4 N–H and O–H groups in total. The fraction of sp³-hybridized carbons (Fsp3) is 0.185. The molecule has 4 rings (SSSR count). The molecule has 3 aromatic carbocycles. The van der Waals surface area contributed by atoms with E-state index in [-0.39, 0.29) is 34.4 Å². The summed E-state index contributed by atoms with van der Waals surface area (Å²) in [5.41, 5.74) is 8.88. The average Bonchev–Trinajstić information content (AvgIpc) is 3.23. The second-order valence-corrected chi connectivity index (χ2v) is 9.06. The summed E-state index contributed by atoms with van der Waals surface area (Å²) in [7, 11) is 1.96. The van der Waals surface area contributed by atoms with Crippen molar-refractivity contribution in [3.63, 3.8) is 0 Å². The minimum absolute atomic E-state index is 0.0438. The zero-order chi connectivity index (χ0) is 24.9. The maximum atomic E-state index is 14.2. The van der Waals surface area contributed by atoms with Gasteiger partial charge in [-0.05, 0) is 54.6 Å². The SMILES string of the molecule is CN1CC(C(=O)Nc2ccc(Cl)cc2F)C(c2ccc(/C=C/C(=O)Nc3ccccc3N)cc2)C1. The van der Waals surface area contributed by atoms with Crippen LogP contribution >= 0.6 is 11.6 Å². The van der Waals surface area contributed by atoms with Crippen LogP contribution in [0.25, 0.3) is 6.08 Å². The Morgan fingerprint density at radius 1 is 1.03 bits per heavy atom. The number of para-hydroxylation sites is 2. The molecule has 1 fully saturated rings. The van der Waals surface area contributed by atoms with E-state index in [1.54, 1.807) is 36.4 Å². The molecule has 6 nitrogen and oxygen atoms in total. The number of carbonyl (C=O) groups is 2. The first-order chi connectivity index (χ1) is 16.8. The number of hydrogen-bond acceptors (Lipinski definition) is 4. The van der Waals surface area contributed by atoms with Gasteiger partial charge in [0.2, 0.25) is 11.8 Å². The third-order valence-corrected chi connectivity index (χ3v) is 6.27. The van der Waals surface area contributed by atoms with Crippen LogP contribution in [-0.4, -0.2) is 36.9 Å². The van der Waals surface area contributed by atoms with Gasteiger partial charge in [0.05, 0.1) is 23.0 Å². The lowest BCUT2D eigenvalue weighted by Crippen LogP contribution is -2.28. The van der Waals surface area contributed by atoms with Crippen molar-refractivity contribution in [2.75, 3.05) is 36.5 Å². The van der Waals surface area contributed by atoms with Gasteiger partial charge >= 0.3 is 0 Å². The van der Waals surface area contributed by atoms with Gasteiger partial charge in [-0.15, -0.1) is 0 Å². The first kappa shape index (κ1) is 24.4. The number of rotatable bonds is 6. The molecular formula is C27H26ClFN4O2. The lowest BCUT2D eigenvalue weighted by molar-refractivity contribution is -0.120. The molecule has 0 spiro atoms.